The highest BCUT2D eigenvalue weighted by Crippen LogP contribution is 2.21. The lowest BCUT2D eigenvalue weighted by Gasteiger charge is -2.20. The van der Waals surface area contributed by atoms with Crippen molar-refractivity contribution < 1.29 is 4.79 Å². The number of thiocarbonyl (C=S) groups is 1. The molecule has 1 unspecified atom stereocenters. The molecule has 1 aromatic rings. The summed E-state index contributed by atoms with van der Waals surface area (Å²) in [6.07, 6.45) is 0. The third-order valence-electron chi connectivity index (χ3n) is 2.19. The standard InChI is InChI=1S/C10H13BrN2OS2/c1-6(9(12)15)4-13(2)10(14)7-3-8(11)16-5-7/h3,5-6H,4H2,1-2H3,(H2,12,15). The molecule has 0 radical (unpaired) electrons. The highest BCUT2D eigenvalue weighted by atomic mass is 79.9. The molecule has 1 atom stereocenters. The molecule has 3 nitrogen and oxygen atoms in total. The first-order valence-electron chi connectivity index (χ1n) is 4.70. The van der Waals surface area contributed by atoms with Gasteiger partial charge in [0.1, 0.15) is 0 Å². The van der Waals surface area contributed by atoms with Crippen LogP contribution in [0.25, 0.3) is 0 Å². The second-order valence-electron chi connectivity index (χ2n) is 3.63. The second-order valence-corrected chi connectivity index (χ2v) is 6.39. The topological polar surface area (TPSA) is 46.3 Å². The van der Waals surface area contributed by atoms with E-state index in [1.54, 1.807) is 11.9 Å². The number of rotatable bonds is 4. The average Bonchev–Trinajstić information content (AvgIpc) is 2.63. The predicted octanol–water partition coefficient (Wildman–Crippen LogP) is 2.50. The minimum absolute atomic E-state index is 0.00921. The van der Waals surface area contributed by atoms with Gasteiger partial charge < -0.3 is 10.6 Å². The van der Waals surface area contributed by atoms with Gasteiger partial charge in [-0.05, 0) is 22.0 Å². The lowest BCUT2D eigenvalue weighted by molar-refractivity contribution is 0.0787. The number of hydrogen-bond donors (Lipinski definition) is 1. The van der Waals surface area contributed by atoms with Gasteiger partial charge in [0.2, 0.25) is 0 Å². The Kier molecular flexibility index (Phi) is 4.89. The normalized spacial score (nSPS) is 12.2. The average molecular weight is 321 g/mol. The Hall–Kier alpha value is -0.460. The van der Waals surface area contributed by atoms with Gasteiger partial charge in [0.05, 0.1) is 14.3 Å². The molecule has 0 fully saturated rings. The quantitative estimate of drug-likeness (QED) is 0.867. The molecule has 0 bridgehead atoms. The molecule has 0 saturated heterocycles. The summed E-state index contributed by atoms with van der Waals surface area (Å²) in [6, 6.07) is 1.81. The molecule has 1 heterocycles. The molecule has 88 valence electrons. The molecule has 1 amide bonds. The van der Waals surface area contributed by atoms with E-state index in [-0.39, 0.29) is 11.8 Å². The van der Waals surface area contributed by atoms with E-state index in [1.165, 1.54) is 11.3 Å². The zero-order valence-corrected chi connectivity index (χ0v) is 12.3. The van der Waals surface area contributed by atoms with Crippen molar-refractivity contribution in [2.45, 2.75) is 6.92 Å². The predicted molar refractivity (Wildman–Crippen MR) is 74.9 cm³/mol. The van der Waals surface area contributed by atoms with E-state index in [9.17, 15) is 4.79 Å². The molecule has 1 aromatic heterocycles. The Balaban J connectivity index is 2.64. The Morgan fingerprint density at radius 2 is 2.38 bits per heavy atom. The summed E-state index contributed by atoms with van der Waals surface area (Å²) in [4.78, 5) is 14.0. The highest BCUT2D eigenvalue weighted by Gasteiger charge is 2.16. The van der Waals surface area contributed by atoms with Crippen LogP contribution in [0.2, 0.25) is 0 Å². The van der Waals surface area contributed by atoms with Crippen LogP contribution >= 0.6 is 39.5 Å². The minimum Gasteiger partial charge on any atom is -0.393 e. The maximum atomic E-state index is 11.9. The largest absolute Gasteiger partial charge is 0.393 e. The summed E-state index contributed by atoms with van der Waals surface area (Å²) in [5.74, 6) is 0.0241. The fourth-order valence-corrected chi connectivity index (χ4v) is 2.43. The van der Waals surface area contributed by atoms with E-state index in [1.807, 2.05) is 18.4 Å². The maximum absolute atomic E-state index is 11.9. The van der Waals surface area contributed by atoms with Crippen LogP contribution in [0.5, 0.6) is 0 Å². The van der Waals surface area contributed by atoms with Crippen molar-refractivity contribution >= 4 is 50.4 Å². The van der Waals surface area contributed by atoms with Crippen LogP contribution in [0.1, 0.15) is 17.3 Å². The van der Waals surface area contributed by atoms with Gasteiger partial charge in [-0.3, -0.25) is 4.79 Å². The number of amides is 1. The van der Waals surface area contributed by atoms with Crippen molar-refractivity contribution in [1.29, 1.82) is 0 Å². The smallest absolute Gasteiger partial charge is 0.254 e. The van der Waals surface area contributed by atoms with E-state index in [4.69, 9.17) is 18.0 Å². The fraction of sp³-hybridized carbons (Fsp3) is 0.400. The van der Waals surface area contributed by atoms with Crippen molar-refractivity contribution in [3.05, 3.63) is 20.8 Å². The van der Waals surface area contributed by atoms with Gasteiger partial charge >= 0.3 is 0 Å². The molecular formula is C10H13BrN2OS2. The molecule has 16 heavy (non-hydrogen) atoms. The van der Waals surface area contributed by atoms with Crippen LogP contribution < -0.4 is 5.73 Å². The van der Waals surface area contributed by atoms with Gasteiger partial charge in [-0.15, -0.1) is 11.3 Å². The molecule has 2 N–H and O–H groups in total. The monoisotopic (exact) mass is 320 g/mol. The lowest BCUT2D eigenvalue weighted by atomic mass is 10.1. The third-order valence-corrected chi connectivity index (χ3v) is 4.10. The number of thiophene rings is 1. The van der Waals surface area contributed by atoms with E-state index >= 15 is 0 Å². The van der Waals surface area contributed by atoms with Gasteiger partial charge in [-0.1, -0.05) is 19.1 Å². The fourth-order valence-electron chi connectivity index (χ4n) is 1.23. The van der Waals surface area contributed by atoms with Crippen LogP contribution in [0.15, 0.2) is 15.2 Å². The molecule has 0 spiro atoms. The van der Waals surface area contributed by atoms with Crippen molar-refractivity contribution in [2.75, 3.05) is 13.6 Å². The van der Waals surface area contributed by atoms with Crippen LogP contribution in [-0.4, -0.2) is 29.4 Å². The molecular weight excluding hydrogens is 308 g/mol. The highest BCUT2D eigenvalue weighted by molar-refractivity contribution is 9.11. The zero-order chi connectivity index (χ0) is 12.3. The third kappa shape index (κ3) is 3.54. The summed E-state index contributed by atoms with van der Waals surface area (Å²) in [6.45, 7) is 2.46. The van der Waals surface area contributed by atoms with Crippen molar-refractivity contribution in [3.8, 4) is 0 Å². The molecule has 0 aliphatic rings. The molecule has 0 saturated carbocycles. The summed E-state index contributed by atoms with van der Waals surface area (Å²) >= 11 is 9.70. The van der Waals surface area contributed by atoms with Crippen LogP contribution in [0, 0.1) is 5.92 Å². The first-order chi connectivity index (χ1) is 7.41. The van der Waals surface area contributed by atoms with Gasteiger partial charge in [0.15, 0.2) is 0 Å². The first-order valence-corrected chi connectivity index (χ1v) is 6.78. The Bertz CT molecular complexity index is 405. The molecule has 0 aliphatic carbocycles. The number of nitrogens with two attached hydrogens (primary N) is 1. The minimum atomic E-state index is -0.00921. The van der Waals surface area contributed by atoms with Crippen LogP contribution in [0.3, 0.4) is 0 Å². The molecule has 0 aliphatic heterocycles. The lowest BCUT2D eigenvalue weighted by Crippen LogP contribution is -2.35. The van der Waals surface area contributed by atoms with E-state index in [2.05, 4.69) is 15.9 Å². The van der Waals surface area contributed by atoms with Gasteiger partial charge in [0, 0.05) is 24.9 Å². The molecule has 1 rings (SSSR count). The summed E-state index contributed by atoms with van der Waals surface area (Å²) in [7, 11) is 1.75. The maximum Gasteiger partial charge on any atom is 0.254 e. The summed E-state index contributed by atoms with van der Waals surface area (Å²) in [5.41, 5.74) is 6.20. The first kappa shape index (κ1) is 13.6. The summed E-state index contributed by atoms with van der Waals surface area (Å²) in [5, 5.41) is 1.83. The van der Waals surface area contributed by atoms with Gasteiger partial charge in [0.25, 0.3) is 5.91 Å². The number of hydrogen-bond acceptors (Lipinski definition) is 3. The number of carbonyl (C=O) groups is 1. The number of carbonyl (C=O) groups excluding carboxylic acids is 1. The second kappa shape index (κ2) is 5.75. The number of nitrogens with zero attached hydrogens (tertiary/aromatic N) is 1. The zero-order valence-electron chi connectivity index (χ0n) is 9.07. The molecule has 6 heteroatoms. The van der Waals surface area contributed by atoms with Crippen molar-refractivity contribution in [2.24, 2.45) is 11.7 Å². The molecule has 0 aromatic carbocycles. The SMILES string of the molecule is CC(CN(C)C(=O)c1csc(Br)c1)C(N)=S. The van der Waals surface area contributed by atoms with Crippen molar-refractivity contribution in [3.63, 3.8) is 0 Å². The van der Waals surface area contributed by atoms with E-state index in [0.717, 1.165) is 3.79 Å². The Morgan fingerprint density at radius 1 is 1.75 bits per heavy atom. The van der Waals surface area contributed by atoms with Crippen LogP contribution in [-0.2, 0) is 0 Å². The van der Waals surface area contributed by atoms with E-state index < -0.39 is 0 Å². The Morgan fingerprint density at radius 3 is 2.81 bits per heavy atom. The Labute approximate surface area is 113 Å². The van der Waals surface area contributed by atoms with Crippen molar-refractivity contribution in [1.82, 2.24) is 4.90 Å². The number of halogens is 1. The summed E-state index contributed by atoms with van der Waals surface area (Å²) < 4.78 is 0.951. The van der Waals surface area contributed by atoms with Crippen LogP contribution in [0.4, 0.5) is 0 Å². The van der Waals surface area contributed by atoms with Gasteiger partial charge in [-0.25, -0.2) is 0 Å². The van der Waals surface area contributed by atoms with E-state index in [0.29, 0.717) is 17.1 Å². The van der Waals surface area contributed by atoms with Gasteiger partial charge in [-0.2, -0.15) is 0 Å².